The minimum absolute atomic E-state index is 0.233. The van der Waals surface area contributed by atoms with Crippen molar-refractivity contribution in [2.75, 3.05) is 11.9 Å². The lowest BCUT2D eigenvalue weighted by atomic mass is 10.2. The molecule has 196 valence electrons. The molecule has 0 saturated carbocycles. The highest BCUT2D eigenvalue weighted by Crippen LogP contribution is 2.32. The number of hydrogen-bond acceptors (Lipinski definition) is 5. The van der Waals surface area contributed by atoms with Crippen LogP contribution in [-0.4, -0.2) is 28.4 Å². The van der Waals surface area contributed by atoms with Gasteiger partial charge in [-0.15, -0.1) is 0 Å². The maximum absolute atomic E-state index is 13.4. The third-order valence-corrected chi connectivity index (χ3v) is 7.05. The lowest BCUT2D eigenvalue weighted by molar-refractivity contribution is -0.118. The molecule has 0 spiro atoms. The molecule has 0 bridgehead atoms. The minimum Gasteiger partial charge on any atom is -0.482 e. The lowest BCUT2D eigenvalue weighted by Gasteiger charge is -2.13. The van der Waals surface area contributed by atoms with Gasteiger partial charge in [-0.25, -0.2) is 4.98 Å². The van der Waals surface area contributed by atoms with Gasteiger partial charge in [0.15, 0.2) is 6.61 Å². The molecule has 4 rings (SSSR count). The fraction of sp³-hybridized carbons (Fsp3) is 0.214. The second kappa shape index (κ2) is 12.7. The Hall–Kier alpha value is -3.01. The first-order valence-electron chi connectivity index (χ1n) is 12.0. The number of rotatable bonds is 9. The summed E-state index contributed by atoms with van der Waals surface area (Å²) in [7, 11) is 0. The SMILES string of the molecule is CCCCc1nc2ccc(Br)cc2c(=O)n1N=Cc1cc(Cl)cc(Br)c1OCC(=O)Nc1ccccc1C. The van der Waals surface area contributed by atoms with Crippen molar-refractivity contribution in [1.29, 1.82) is 0 Å². The van der Waals surface area contributed by atoms with Crippen LogP contribution in [0.5, 0.6) is 5.75 Å². The zero-order valence-corrected chi connectivity index (χ0v) is 24.7. The van der Waals surface area contributed by atoms with Crippen molar-refractivity contribution in [2.24, 2.45) is 5.10 Å². The van der Waals surface area contributed by atoms with Crippen LogP contribution in [0.4, 0.5) is 5.69 Å². The average Bonchev–Trinajstić information content (AvgIpc) is 2.88. The number of benzene rings is 3. The van der Waals surface area contributed by atoms with Gasteiger partial charge >= 0.3 is 0 Å². The summed E-state index contributed by atoms with van der Waals surface area (Å²) in [5, 5.41) is 8.24. The van der Waals surface area contributed by atoms with Gasteiger partial charge in [0.2, 0.25) is 0 Å². The molecule has 4 aromatic rings. The van der Waals surface area contributed by atoms with E-state index in [-0.39, 0.29) is 18.1 Å². The Morgan fingerprint density at radius 1 is 1.18 bits per heavy atom. The zero-order valence-electron chi connectivity index (χ0n) is 20.8. The van der Waals surface area contributed by atoms with Gasteiger partial charge in [-0.1, -0.05) is 59.1 Å². The summed E-state index contributed by atoms with van der Waals surface area (Å²) in [6, 6.07) is 16.2. The lowest BCUT2D eigenvalue weighted by Crippen LogP contribution is -2.23. The maximum atomic E-state index is 13.4. The van der Waals surface area contributed by atoms with E-state index in [0.29, 0.717) is 49.6 Å². The van der Waals surface area contributed by atoms with Gasteiger partial charge in [0, 0.05) is 27.2 Å². The summed E-state index contributed by atoms with van der Waals surface area (Å²) in [5.41, 5.74) is 2.50. The van der Waals surface area contributed by atoms with Crippen molar-refractivity contribution in [3.8, 4) is 5.75 Å². The quantitative estimate of drug-likeness (QED) is 0.194. The van der Waals surface area contributed by atoms with Crippen LogP contribution in [0.1, 0.15) is 36.7 Å². The van der Waals surface area contributed by atoms with Crippen LogP contribution in [0.25, 0.3) is 10.9 Å². The fourth-order valence-corrected chi connectivity index (χ4v) is 5.11. The topological polar surface area (TPSA) is 85.6 Å². The van der Waals surface area contributed by atoms with Crippen molar-refractivity contribution in [3.05, 3.63) is 95.9 Å². The molecule has 10 heteroatoms. The molecule has 7 nitrogen and oxygen atoms in total. The highest BCUT2D eigenvalue weighted by Gasteiger charge is 2.14. The number of aromatic nitrogens is 2. The molecule has 1 heterocycles. The van der Waals surface area contributed by atoms with Gasteiger partial charge in [0.25, 0.3) is 11.5 Å². The summed E-state index contributed by atoms with van der Waals surface area (Å²) in [6.07, 6.45) is 3.89. The minimum atomic E-state index is -0.314. The van der Waals surface area contributed by atoms with E-state index in [1.54, 1.807) is 18.2 Å². The monoisotopic (exact) mass is 658 g/mol. The van der Waals surface area contributed by atoms with E-state index in [1.807, 2.05) is 43.3 Å². The first kappa shape index (κ1) is 28.0. The van der Waals surface area contributed by atoms with E-state index in [2.05, 4.69) is 49.2 Å². The molecule has 0 unspecified atom stereocenters. The number of anilines is 1. The molecule has 0 saturated heterocycles. The predicted octanol–water partition coefficient (Wildman–Crippen LogP) is 7.13. The summed E-state index contributed by atoms with van der Waals surface area (Å²) < 4.78 is 8.52. The first-order valence-corrected chi connectivity index (χ1v) is 14.0. The Morgan fingerprint density at radius 3 is 2.74 bits per heavy atom. The Morgan fingerprint density at radius 2 is 1.97 bits per heavy atom. The van der Waals surface area contributed by atoms with Gasteiger partial charge in [-0.2, -0.15) is 9.78 Å². The van der Waals surface area contributed by atoms with Crippen LogP contribution in [-0.2, 0) is 11.2 Å². The molecule has 1 amide bonds. The smallest absolute Gasteiger partial charge is 0.282 e. The number of aryl methyl sites for hydroxylation is 2. The standard InChI is InChI=1S/C28H25Br2ClN4O3/c1-3-4-9-25-33-24-11-10-19(29)13-21(24)28(37)35(25)32-15-18-12-20(31)14-22(30)27(18)38-16-26(36)34-23-8-6-5-7-17(23)2/h5-8,10-15H,3-4,9,16H2,1-2H3,(H,34,36). The molecule has 38 heavy (non-hydrogen) atoms. The highest BCUT2D eigenvalue weighted by molar-refractivity contribution is 9.10. The fourth-order valence-electron chi connectivity index (χ4n) is 3.80. The molecule has 0 aliphatic heterocycles. The largest absolute Gasteiger partial charge is 0.482 e. The van der Waals surface area contributed by atoms with Gasteiger partial charge < -0.3 is 10.1 Å². The molecule has 0 fully saturated rings. The number of fused-ring (bicyclic) bond motifs is 1. The third-order valence-electron chi connectivity index (χ3n) is 5.75. The number of carbonyl (C=O) groups is 1. The number of nitrogens with one attached hydrogen (secondary N) is 1. The van der Waals surface area contributed by atoms with Crippen molar-refractivity contribution in [3.63, 3.8) is 0 Å². The Kier molecular flexibility index (Phi) is 9.35. The van der Waals surface area contributed by atoms with E-state index < -0.39 is 0 Å². The van der Waals surface area contributed by atoms with Crippen molar-refractivity contribution >= 4 is 72.2 Å². The van der Waals surface area contributed by atoms with Crippen molar-refractivity contribution in [1.82, 2.24) is 9.66 Å². The molecule has 0 atom stereocenters. The molecular formula is C28H25Br2ClN4O3. The van der Waals surface area contributed by atoms with Crippen LogP contribution in [0, 0.1) is 6.92 Å². The number of para-hydroxylation sites is 1. The molecule has 0 aliphatic rings. The second-order valence-electron chi connectivity index (χ2n) is 8.61. The van der Waals surface area contributed by atoms with Gasteiger partial charge in [-0.3, -0.25) is 9.59 Å². The van der Waals surface area contributed by atoms with Crippen LogP contribution in [0.15, 0.2) is 73.4 Å². The van der Waals surface area contributed by atoms with E-state index >= 15 is 0 Å². The Labute approximate surface area is 242 Å². The molecule has 0 aliphatic carbocycles. The zero-order chi connectivity index (χ0) is 27.2. The summed E-state index contributed by atoms with van der Waals surface area (Å²) in [4.78, 5) is 30.7. The Balaban J connectivity index is 1.66. The van der Waals surface area contributed by atoms with Gasteiger partial charge in [0.1, 0.15) is 11.6 Å². The molecule has 1 N–H and O–H groups in total. The van der Waals surface area contributed by atoms with E-state index in [0.717, 1.165) is 22.9 Å². The van der Waals surface area contributed by atoms with Crippen LogP contribution >= 0.6 is 43.5 Å². The van der Waals surface area contributed by atoms with E-state index in [9.17, 15) is 9.59 Å². The number of ether oxygens (including phenoxy) is 1. The molecular weight excluding hydrogens is 636 g/mol. The summed E-state index contributed by atoms with van der Waals surface area (Å²) >= 11 is 13.2. The first-order chi connectivity index (χ1) is 18.3. The van der Waals surface area contributed by atoms with E-state index in [1.165, 1.54) is 10.9 Å². The van der Waals surface area contributed by atoms with Gasteiger partial charge in [0.05, 0.1) is 21.6 Å². The van der Waals surface area contributed by atoms with Crippen LogP contribution in [0.2, 0.25) is 5.02 Å². The summed E-state index contributed by atoms with van der Waals surface area (Å²) in [6.45, 7) is 3.76. The second-order valence-corrected chi connectivity index (χ2v) is 10.8. The number of unbranched alkanes of at least 4 members (excludes halogenated alkanes) is 1. The number of nitrogens with zero attached hydrogens (tertiary/aromatic N) is 3. The van der Waals surface area contributed by atoms with Crippen molar-refractivity contribution < 1.29 is 9.53 Å². The number of amides is 1. The number of carbonyl (C=O) groups excluding carboxylic acids is 1. The third kappa shape index (κ3) is 6.70. The van der Waals surface area contributed by atoms with Crippen LogP contribution in [0.3, 0.4) is 0 Å². The maximum Gasteiger partial charge on any atom is 0.282 e. The normalized spacial score (nSPS) is 11.3. The summed E-state index contributed by atoms with van der Waals surface area (Å²) in [5.74, 6) is 0.619. The highest BCUT2D eigenvalue weighted by atomic mass is 79.9. The average molecular weight is 661 g/mol. The number of halogens is 3. The van der Waals surface area contributed by atoms with Crippen molar-refractivity contribution in [2.45, 2.75) is 33.1 Å². The van der Waals surface area contributed by atoms with Crippen LogP contribution < -0.4 is 15.6 Å². The molecule has 1 aromatic heterocycles. The van der Waals surface area contributed by atoms with Gasteiger partial charge in [-0.05, 0) is 71.2 Å². The Bertz CT molecular complexity index is 1590. The molecule has 3 aromatic carbocycles. The van der Waals surface area contributed by atoms with E-state index in [4.69, 9.17) is 21.3 Å². The predicted molar refractivity (Wildman–Crippen MR) is 160 cm³/mol. The number of hydrogen-bond donors (Lipinski definition) is 1. The molecule has 0 radical (unpaired) electrons.